The Morgan fingerprint density at radius 1 is 1.00 bits per heavy atom. The van der Waals surface area contributed by atoms with Crippen LogP contribution in [0.3, 0.4) is 0 Å². The van der Waals surface area contributed by atoms with Crippen molar-refractivity contribution in [3.05, 3.63) is 98.0 Å². The van der Waals surface area contributed by atoms with Gasteiger partial charge in [-0.15, -0.1) is 0 Å². The third-order valence-electron chi connectivity index (χ3n) is 10.3. The third kappa shape index (κ3) is 5.67. The Labute approximate surface area is 307 Å². The largest absolute Gasteiger partial charge is 0.494 e. The molecule has 0 saturated heterocycles. The van der Waals surface area contributed by atoms with Gasteiger partial charge in [-0.3, -0.25) is 14.3 Å². The van der Waals surface area contributed by atoms with Crippen molar-refractivity contribution in [3.63, 3.8) is 0 Å². The molecule has 4 heterocycles. The van der Waals surface area contributed by atoms with Crippen LogP contribution in [0.15, 0.2) is 48.7 Å². The predicted octanol–water partition coefficient (Wildman–Crippen LogP) is 8.67. The molecule has 1 aliphatic heterocycles. The van der Waals surface area contributed by atoms with Gasteiger partial charge in [0.25, 0.3) is 11.8 Å². The number of amides is 2. The molecule has 3 aromatic heterocycles. The van der Waals surface area contributed by atoms with E-state index in [9.17, 15) is 4.79 Å². The highest BCUT2D eigenvalue weighted by atomic mass is 35.5. The van der Waals surface area contributed by atoms with Crippen LogP contribution in [0.2, 0.25) is 10.0 Å². The zero-order valence-corrected chi connectivity index (χ0v) is 31.8. The Hall–Kier alpha value is -4.73. The first-order chi connectivity index (χ1) is 24.3. The number of rotatable bonds is 8. The van der Waals surface area contributed by atoms with Gasteiger partial charge in [0.15, 0.2) is 0 Å². The number of carbonyl (C=O) groups excluding carboxylic acids is 2. The Balaban J connectivity index is 1.37. The van der Waals surface area contributed by atoms with Gasteiger partial charge < -0.3 is 24.1 Å². The number of anilines is 1. The molecule has 51 heavy (non-hydrogen) atoms. The van der Waals surface area contributed by atoms with Crippen molar-refractivity contribution < 1.29 is 14.3 Å². The molecule has 2 amide bonds. The number of halogens is 2. The molecule has 1 atom stereocenters. The summed E-state index contributed by atoms with van der Waals surface area (Å²) in [5.41, 5.74) is 10.5. The van der Waals surface area contributed by atoms with Crippen LogP contribution in [-0.2, 0) is 20.5 Å². The zero-order valence-electron chi connectivity index (χ0n) is 30.2. The van der Waals surface area contributed by atoms with E-state index in [1.54, 1.807) is 7.05 Å². The van der Waals surface area contributed by atoms with E-state index in [2.05, 4.69) is 16.8 Å². The van der Waals surface area contributed by atoms with Crippen molar-refractivity contribution in [2.45, 2.75) is 53.5 Å². The molecular formula is C40H42Cl2N6O3. The van der Waals surface area contributed by atoms with Crippen LogP contribution >= 0.6 is 23.2 Å². The highest BCUT2D eigenvalue weighted by Crippen LogP contribution is 2.45. The molecule has 11 heteroatoms. The molecule has 0 radical (unpaired) electrons. The fourth-order valence-corrected chi connectivity index (χ4v) is 8.17. The zero-order chi connectivity index (χ0) is 36.5. The van der Waals surface area contributed by atoms with E-state index < -0.39 is 0 Å². The molecule has 0 saturated carbocycles. The molecule has 0 fully saturated rings. The highest BCUT2D eigenvalue weighted by molar-refractivity contribution is 6.35. The number of aromatic nitrogens is 4. The van der Waals surface area contributed by atoms with Crippen molar-refractivity contribution >= 4 is 62.5 Å². The number of ether oxygens (including phenoxy) is 1. The molecule has 7 rings (SSSR count). The van der Waals surface area contributed by atoms with E-state index in [-0.39, 0.29) is 17.9 Å². The Bertz CT molecular complexity index is 2380. The first-order valence-corrected chi connectivity index (χ1v) is 18.0. The van der Waals surface area contributed by atoms with Crippen LogP contribution in [0.25, 0.3) is 32.9 Å². The van der Waals surface area contributed by atoms with Crippen LogP contribution in [0.1, 0.15) is 68.3 Å². The van der Waals surface area contributed by atoms with Crippen molar-refractivity contribution in [1.29, 1.82) is 0 Å². The van der Waals surface area contributed by atoms with Crippen molar-refractivity contribution in [1.82, 2.24) is 24.2 Å². The van der Waals surface area contributed by atoms with Gasteiger partial charge in [-0.1, -0.05) is 29.3 Å². The maximum atomic E-state index is 15.0. The summed E-state index contributed by atoms with van der Waals surface area (Å²) in [6.45, 7) is 11.1. The lowest BCUT2D eigenvalue weighted by Crippen LogP contribution is -2.42. The predicted molar refractivity (Wildman–Crippen MR) is 206 cm³/mol. The van der Waals surface area contributed by atoms with Crippen LogP contribution < -0.4 is 15.0 Å². The molecule has 0 unspecified atom stereocenters. The van der Waals surface area contributed by atoms with Gasteiger partial charge in [0, 0.05) is 83.6 Å². The SMILES string of the molecule is CNC(=O)c1ccc2c(c1)c(N1C[C@@H](C)n3c(c(CCCOc4cc(C)c(Cl)c(C)c4)c4ccc(Cl)c(-c5c(C)nn(C)c5C)c43)C1=O)cn2C. The number of benzene rings is 3. The normalized spacial score (nSPS) is 14.5. The lowest BCUT2D eigenvalue weighted by Gasteiger charge is -2.34. The first-order valence-electron chi connectivity index (χ1n) is 17.2. The summed E-state index contributed by atoms with van der Waals surface area (Å²) in [5.74, 6) is 0.505. The van der Waals surface area contributed by atoms with Gasteiger partial charge in [-0.2, -0.15) is 5.10 Å². The Morgan fingerprint density at radius 3 is 2.39 bits per heavy atom. The molecule has 1 N–H and O–H groups in total. The molecule has 0 spiro atoms. The number of nitrogens with zero attached hydrogens (tertiary/aromatic N) is 5. The number of fused-ring (bicyclic) bond motifs is 4. The molecule has 0 bridgehead atoms. The van der Waals surface area contributed by atoms with Gasteiger partial charge in [0.05, 0.1) is 28.5 Å². The van der Waals surface area contributed by atoms with Crippen LogP contribution in [0.5, 0.6) is 5.75 Å². The number of hydrogen-bond acceptors (Lipinski definition) is 4. The number of carbonyl (C=O) groups is 2. The van der Waals surface area contributed by atoms with E-state index in [0.717, 1.165) is 77.5 Å². The monoisotopic (exact) mass is 724 g/mol. The smallest absolute Gasteiger partial charge is 0.275 e. The Kier molecular flexibility index (Phi) is 8.92. The molecule has 1 aliphatic rings. The summed E-state index contributed by atoms with van der Waals surface area (Å²) in [5, 5.41) is 10.6. The van der Waals surface area contributed by atoms with E-state index in [4.69, 9.17) is 33.0 Å². The molecule has 264 valence electrons. The van der Waals surface area contributed by atoms with E-state index in [1.165, 1.54) is 0 Å². The summed E-state index contributed by atoms with van der Waals surface area (Å²) in [6, 6.07) is 13.4. The van der Waals surface area contributed by atoms with Crippen LogP contribution in [0, 0.1) is 27.7 Å². The number of nitrogens with one attached hydrogen (secondary N) is 1. The van der Waals surface area contributed by atoms with Gasteiger partial charge in [-0.25, -0.2) is 0 Å². The minimum atomic E-state index is -0.177. The van der Waals surface area contributed by atoms with Crippen LogP contribution in [0.4, 0.5) is 5.69 Å². The summed E-state index contributed by atoms with van der Waals surface area (Å²) in [6.07, 6.45) is 3.27. The molecular weight excluding hydrogens is 683 g/mol. The molecule has 0 aliphatic carbocycles. The average molecular weight is 726 g/mol. The Morgan fingerprint density at radius 2 is 1.73 bits per heavy atom. The summed E-state index contributed by atoms with van der Waals surface area (Å²) in [4.78, 5) is 29.5. The summed E-state index contributed by atoms with van der Waals surface area (Å²) >= 11 is 13.5. The van der Waals surface area contributed by atoms with E-state index in [0.29, 0.717) is 42.3 Å². The summed E-state index contributed by atoms with van der Waals surface area (Å²) in [7, 11) is 5.51. The fourth-order valence-electron chi connectivity index (χ4n) is 7.81. The quantitative estimate of drug-likeness (QED) is 0.159. The van der Waals surface area contributed by atoms with Crippen molar-refractivity contribution in [2.75, 3.05) is 25.1 Å². The second-order valence-electron chi connectivity index (χ2n) is 13.7. The summed E-state index contributed by atoms with van der Waals surface area (Å²) < 4.78 is 12.3. The minimum Gasteiger partial charge on any atom is -0.494 e. The highest BCUT2D eigenvalue weighted by Gasteiger charge is 2.37. The second kappa shape index (κ2) is 13.1. The molecule has 6 aromatic rings. The van der Waals surface area contributed by atoms with E-state index in [1.807, 2.05) is 105 Å². The molecule has 3 aromatic carbocycles. The van der Waals surface area contributed by atoms with Crippen molar-refractivity contribution in [2.24, 2.45) is 14.1 Å². The van der Waals surface area contributed by atoms with Gasteiger partial charge in [0.2, 0.25) is 0 Å². The van der Waals surface area contributed by atoms with E-state index >= 15 is 4.79 Å². The fraction of sp³-hybridized carbons (Fsp3) is 0.325. The standard InChI is InChI=1S/C40H42Cl2N6O3/c1-21-16-27(17-22(2)36(21)42)51-15-9-10-28-29-12-13-31(41)35(34-24(4)44-46(8)25(34)5)37(29)48-23(3)19-47(40(50)38(28)48)33-20-45(7)32-14-11-26(18-30(32)33)39(49)43-6/h11-14,16-18,20,23H,9-10,15,19H2,1-8H3,(H,43,49)/t23-/m1/s1. The first kappa shape index (κ1) is 34.7. The second-order valence-corrected chi connectivity index (χ2v) is 14.5. The van der Waals surface area contributed by atoms with Gasteiger partial charge >= 0.3 is 0 Å². The van der Waals surface area contributed by atoms with Gasteiger partial charge in [0.1, 0.15) is 11.4 Å². The third-order valence-corrected chi connectivity index (χ3v) is 11.2. The maximum absolute atomic E-state index is 15.0. The lowest BCUT2D eigenvalue weighted by atomic mass is 9.98. The maximum Gasteiger partial charge on any atom is 0.275 e. The van der Waals surface area contributed by atoms with Crippen molar-refractivity contribution in [3.8, 4) is 16.9 Å². The number of hydrogen-bond donors (Lipinski definition) is 1. The van der Waals surface area contributed by atoms with Crippen LogP contribution in [-0.4, -0.2) is 50.9 Å². The number of aryl methyl sites for hydroxylation is 6. The van der Waals surface area contributed by atoms with Gasteiger partial charge in [-0.05, 0) is 101 Å². The minimum absolute atomic E-state index is 0.0938. The molecule has 9 nitrogen and oxygen atoms in total. The lowest BCUT2D eigenvalue weighted by molar-refractivity contribution is 0.0953. The topological polar surface area (TPSA) is 86.3 Å². The average Bonchev–Trinajstić information content (AvgIpc) is 3.70.